The van der Waals surface area contributed by atoms with Crippen molar-refractivity contribution < 1.29 is 27.1 Å². The second-order valence-corrected chi connectivity index (χ2v) is 13.0. The van der Waals surface area contributed by atoms with Gasteiger partial charge in [-0.1, -0.05) is 38.1 Å². The lowest BCUT2D eigenvalue weighted by atomic mass is 9.94. The second kappa shape index (κ2) is 13.3. The molecule has 5 aromatic rings. The first kappa shape index (κ1) is 32.4. The molecule has 6 rings (SSSR count). The van der Waals surface area contributed by atoms with E-state index in [9.17, 15) is 22.4 Å². The van der Waals surface area contributed by atoms with Gasteiger partial charge in [0.25, 0.3) is 0 Å². The number of aryl methyl sites for hydroxylation is 1. The minimum absolute atomic E-state index is 0.102. The third-order valence-electron chi connectivity index (χ3n) is 8.42. The van der Waals surface area contributed by atoms with Gasteiger partial charge in [-0.15, -0.1) is 29.6 Å². The Bertz CT molecular complexity index is 1940. The van der Waals surface area contributed by atoms with Crippen LogP contribution >= 0.6 is 11.3 Å². The molecule has 244 valence electrons. The Kier molecular flexibility index (Phi) is 9.14. The van der Waals surface area contributed by atoms with E-state index in [4.69, 9.17) is 0 Å². The summed E-state index contributed by atoms with van der Waals surface area (Å²) in [6.07, 6.45) is -0.0698. The van der Waals surface area contributed by atoms with Gasteiger partial charge in [0.1, 0.15) is 17.9 Å². The molecule has 1 aliphatic rings. The van der Waals surface area contributed by atoms with E-state index < -0.39 is 6.36 Å². The Hall–Kier alpha value is -4.58. The SMILES string of the molecule is Cc1csc(=NC(=O)CC2CCC(c3ccc(-c4ncn(-c5ccc(OC(F)(F)F)cc5)n4)cc3)C2)n1-c1ccc(F)cc1C(C)C. The molecule has 7 nitrogen and oxygen atoms in total. The van der Waals surface area contributed by atoms with Crippen molar-refractivity contribution in [2.24, 2.45) is 10.9 Å². The standard InChI is InChI=1S/C35H33F4N5O2S/c1-21(2)30-18-27(36)10-15-31(30)44-22(3)19-47-34(44)41-32(45)17-23-4-5-26(16-23)24-6-8-25(9-7-24)33-40-20-43(42-33)28-11-13-29(14-12-28)46-35(37,38)39/h6-15,18-21,23,26H,4-5,16-17H2,1-3H3. The van der Waals surface area contributed by atoms with Crippen LogP contribution in [0.2, 0.25) is 0 Å². The van der Waals surface area contributed by atoms with Gasteiger partial charge >= 0.3 is 6.36 Å². The summed E-state index contributed by atoms with van der Waals surface area (Å²) in [5, 5.41) is 6.44. The molecule has 1 fully saturated rings. The predicted molar refractivity (Wildman–Crippen MR) is 171 cm³/mol. The molecule has 0 radical (unpaired) electrons. The summed E-state index contributed by atoms with van der Waals surface area (Å²) in [7, 11) is 0. The fourth-order valence-electron chi connectivity index (χ4n) is 6.14. The molecule has 0 N–H and O–H groups in total. The number of alkyl halides is 3. The molecule has 2 aromatic heterocycles. The van der Waals surface area contributed by atoms with Gasteiger partial charge in [-0.25, -0.2) is 14.1 Å². The smallest absolute Gasteiger partial charge is 0.406 e. The number of halogens is 4. The van der Waals surface area contributed by atoms with E-state index in [0.29, 0.717) is 28.7 Å². The zero-order chi connectivity index (χ0) is 33.3. The van der Waals surface area contributed by atoms with Gasteiger partial charge in [0.15, 0.2) is 10.6 Å². The maximum atomic E-state index is 14.0. The van der Waals surface area contributed by atoms with Crippen LogP contribution < -0.4 is 9.54 Å². The van der Waals surface area contributed by atoms with E-state index in [1.165, 1.54) is 58.2 Å². The van der Waals surface area contributed by atoms with E-state index in [1.807, 2.05) is 42.9 Å². The summed E-state index contributed by atoms with van der Waals surface area (Å²) in [5.41, 5.74) is 5.19. The van der Waals surface area contributed by atoms with Crippen LogP contribution in [-0.2, 0) is 4.79 Å². The first-order valence-corrected chi connectivity index (χ1v) is 16.2. The highest BCUT2D eigenvalue weighted by Crippen LogP contribution is 2.40. The Morgan fingerprint density at radius 3 is 2.51 bits per heavy atom. The molecule has 1 aliphatic carbocycles. The van der Waals surface area contributed by atoms with Gasteiger partial charge in [-0.05, 0) is 97.5 Å². The summed E-state index contributed by atoms with van der Waals surface area (Å²) in [6.45, 7) is 5.99. The minimum Gasteiger partial charge on any atom is -0.406 e. The summed E-state index contributed by atoms with van der Waals surface area (Å²) < 4.78 is 58.7. The number of thiazole rings is 1. The Balaban J connectivity index is 1.09. The van der Waals surface area contributed by atoms with Crippen LogP contribution in [0.3, 0.4) is 0 Å². The highest BCUT2D eigenvalue weighted by molar-refractivity contribution is 7.07. The van der Waals surface area contributed by atoms with Crippen molar-refractivity contribution in [2.75, 3.05) is 0 Å². The van der Waals surface area contributed by atoms with E-state index in [-0.39, 0.29) is 29.3 Å². The minimum atomic E-state index is -4.75. The van der Waals surface area contributed by atoms with Gasteiger partial charge in [0.2, 0.25) is 5.91 Å². The van der Waals surface area contributed by atoms with Gasteiger partial charge in [0, 0.05) is 23.1 Å². The van der Waals surface area contributed by atoms with Gasteiger partial charge in [0.05, 0.1) is 11.4 Å². The van der Waals surface area contributed by atoms with Crippen molar-refractivity contribution in [3.8, 4) is 28.5 Å². The van der Waals surface area contributed by atoms with E-state index in [0.717, 1.165) is 41.8 Å². The number of carbonyl (C=O) groups excluding carboxylic acids is 1. The summed E-state index contributed by atoms with van der Waals surface area (Å²) in [4.78, 5) is 22.6. The van der Waals surface area contributed by atoms with Crippen LogP contribution in [0.25, 0.3) is 22.8 Å². The lowest BCUT2D eigenvalue weighted by Crippen LogP contribution is -2.19. The highest BCUT2D eigenvalue weighted by atomic mass is 32.1. The van der Waals surface area contributed by atoms with Gasteiger partial charge < -0.3 is 4.74 Å². The fourth-order valence-corrected chi connectivity index (χ4v) is 7.03. The van der Waals surface area contributed by atoms with Crippen LogP contribution in [0.15, 0.2) is 83.4 Å². The van der Waals surface area contributed by atoms with Crippen molar-refractivity contribution in [1.29, 1.82) is 0 Å². The van der Waals surface area contributed by atoms with Crippen LogP contribution in [0.5, 0.6) is 5.75 Å². The summed E-state index contributed by atoms with van der Waals surface area (Å²) in [6, 6.07) is 18.2. The number of hydrogen-bond donors (Lipinski definition) is 0. The average Bonchev–Trinajstić information content (AvgIpc) is 3.78. The highest BCUT2D eigenvalue weighted by Gasteiger charge is 2.31. The number of aromatic nitrogens is 4. The van der Waals surface area contributed by atoms with Crippen molar-refractivity contribution >= 4 is 17.2 Å². The number of benzene rings is 3. The number of ether oxygens (including phenoxy) is 1. The molecule has 1 amide bonds. The van der Waals surface area contributed by atoms with Crippen molar-refractivity contribution in [3.63, 3.8) is 0 Å². The Labute approximate surface area is 273 Å². The molecule has 0 spiro atoms. The van der Waals surface area contributed by atoms with Crippen molar-refractivity contribution in [3.05, 3.63) is 106 Å². The number of carbonyl (C=O) groups is 1. The van der Waals surface area contributed by atoms with Crippen molar-refractivity contribution in [2.45, 2.75) is 64.7 Å². The molecule has 12 heteroatoms. The monoisotopic (exact) mass is 663 g/mol. The third-order valence-corrected chi connectivity index (χ3v) is 9.37. The first-order valence-electron chi connectivity index (χ1n) is 15.4. The molecule has 0 bridgehead atoms. The van der Waals surface area contributed by atoms with Crippen molar-refractivity contribution in [1.82, 2.24) is 19.3 Å². The molecule has 47 heavy (non-hydrogen) atoms. The van der Waals surface area contributed by atoms with E-state index in [2.05, 4.69) is 31.9 Å². The topological polar surface area (TPSA) is 74.3 Å². The lowest BCUT2D eigenvalue weighted by molar-refractivity contribution is -0.274. The second-order valence-electron chi connectivity index (χ2n) is 12.1. The summed E-state index contributed by atoms with van der Waals surface area (Å²) >= 11 is 1.41. The number of amides is 1. The Morgan fingerprint density at radius 2 is 1.81 bits per heavy atom. The maximum Gasteiger partial charge on any atom is 0.573 e. The molecule has 0 saturated heterocycles. The van der Waals surface area contributed by atoms with Crippen LogP contribution in [0.1, 0.15) is 68.2 Å². The quantitative estimate of drug-likeness (QED) is 0.156. The fraction of sp³-hybridized carbons (Fsp3) is 0.314. The van der Waals surface area contributed by atoms with E-state index >= 15 is 0 Å². The third kappa shape index (κ3) is 7.54. The van der Waals surface area contributed by atoms with Gasteiger partial charge in [-0.3, -0.25) is 9.36 Å². The molecule has 0 aliphatic heterocycles. The molecule has 2 atom stereocenters. The molecule has 3 aromatic carbocycles. The maximum absolute atomic E-state index is 14.0. The molecule has 2 heterocycles. The molecular formula is C35H33F4N5O2S. The number of rotatable bonds is 8. The Morgan fingerprint density at radius 1 is 1.06 bits per heavy atom. The summed E-state index contributed by atoms with van der Waals surface area (Å²) in [5.74, 6) is 0.399. The van der Waals surface area contributed by atoms with Crippen LogP contribution in [-0.4, -0.2) is 31.6 Å². The van der Waals surface area contributed by atoms with Crippen LogP contribution in [0.4, 0.5) is 17.6 Å². The first-order chi connectivity index (χ1) is 22.4. The van der Waals surface area contributed by atoms with Crippen LogP contribution in [0, 0.1) is 18.7 Å². The average molecular weight is 664 g/mol. The zero-order valence-electron chi connectivity index (χ0n) is 26.0. The number of hydrogen-bond acceptors (Lipinski definition) is 5. The largest absolute Gasteiger partial charge is 0.573 e. The zero-order valence-corrected chi connectivity index (χ0v) is 26.9. The lowest BCUT2D eigenvalue weighted by Gasteiger charge is -2.15. The predicted octanol–water partition coefficient (Wildman–Crippen LogP) is 8.66. The van der Waals surface area contributed by atoms with Gasteiger partial charge in [-0.2, -0.15) is 4.99 Å². The molecule has 1 saturated carbocycles. The van der Waals surface area contributed by atoms with E-state index in [1.54, 1.807) is 12.1 Å². The molecule has 2 unspecified atom stereocenters. The normalized spacial score (nSPS) is 17.1. The molecular weight excluding hydrogens is 630 g/mol. The number of nitrogens with zero attached hydrogens (tertiary/aromatic N) is 5.